The molecule has 0 fully saturated rings. The predicted octanol–water partition coefficient (Wildman–Crippen LogP) is 2.70. The number of rotatable bonds is 9. The smallest absolute Gasteiger partial charge is 0.250 e. The lowest BCUT2D eigenvalue weighted by atomic mass is 10.1. The van der Waals surface area contributed by atoms with Gasteiger partial charge in [0.1, 0.15) is 0 Å². The molecule has 0 bridgehead atoms. The summed E-state index contributed by atoms with van der Waals surface area (Å²) in [4.78, 5) is 11.3. The van der Waals surface area contributed by atoms with Gasteiger partial charge in [0, 0.05) is 6.54 Å². The lowest BCUT2D eigenvalue weighted by Crippen LogP contribution is -2.16. The van der Waals surface area contributed by atoms with Crippen LogP contribution in [-0.2, 0) is 0 Å². The van der Waals surface area contributed by atoms with Crippen LogP contribution in [0.25, 0.3) is 0 Å². The molecule has 0 saturated carbocycles. The topological polar surface area (TPSA) is 81.1 Å². The van der Waals surface area contributed by atoms with Crippen LogP contribution in [0.1, 0.15) is 36.0 Å². The standard InChI is InChI=1S/C14H23N3OS/c1-19-10-5-3-2-4-9-17-13-11(14(16)18)7-6-8-12(13)15/h6-8,17H,2-5,9-10,15H2,1H3,(H2,16,18). The molecule has 19 heavy (non-hydrogen) atoms. The van der Waals surface area contributed by atoms with Gasteiger partial charge in [0.05, 0.1) is 16.9 Å². The Hall–Kier alpha value is -1.36. The predicted molar refractivity (Wildman–Crippen MR) is 84.7 cm³/mol. The summed E-state index contributed by atoms with van der Waals surface area (Å²) in [7, 11) is 0. The van der Waals surface area contributed by atoms with Crippen LogP contribution in [0, 0.1) is 0 Å². The number of nitrogens with one attached hydrogen (secondary N) is 1. The maximum atomic E-state index is 11.3. The second-order valence-electron chi connectivity index (χ2n) is 4.47. The van der Waals surface area contributed by atoms with E-state index in [4.69, 9.17) is 11.5 Å². The van der Waals surface area contributed by atoms with Crippen LogP contribution < -0.4 is 16.8 Å². The summed E-state index contributed by atoms with van der Waals surface area (Å²) in [5, 5.41) is 3.22. The first-order valence-electron chi connectivity index (χ1n) is 6.58. The van der Waals surface area contributed by atoms with Gasteiger partial charge >= 0.3 is 0 Å². The van der Waals surface area contributed by atoms with Crippen molar-refractivity contribution in [3.63, 3.8) is 0 Å². The summed E-state index contributed by atoms with van der Waals surface area (Å²) >= 11 is 1.89. The molecule has 5 N–H and O–H groups in total. The average molecular weight is 281 g/mol. The molecule has 0 heterocycles. The molecule has 106 valence electrons. The van der Waals surface area contributed by atoms with Crippen molar-refractivity contribution in [3.05, 3.63) is 23.8 Å². The Morgan fingerprint density at radius 1 is 1.26 bits per heavy atom. The summed E-state index contributed by atoms with van der Waals surface area (Å²) in [6, 6.07) is 5.20. The third-order valence-corrected chi connectivity index (χ3v) is 3.64. The van der Waals surface area contributed by atoms with Crippen molar-refractivity contribution >= 4 is 29.0 Å². The molecule has 0 aliphatic heterocycles. The fourth-order valence-corrected chi connectivity index (χ4v) is 2.40. The SMILES string of the molecule is CSCCCCCCNc1c(N)cccc1C(N)=O. The van der Waals surface area contributed by atoms with E-state index in [-0.39, 0.29) is 0 Å². The lowest BCUT2D eigenvalue weighted by molar-refractivity contribution is 0.100. The Bertz CT molecular complexity index is 410. The van der Waals surface area contributed by atoms with E-state index in [1.54, 1.807) is 18.2 Å². The van der Waals surface area contributed by atoms with Gasteiger partial charge in [-0.15, -0.1) is 0 Å². The molecule has 1 rings (SSSR count). The van der Waals surface area contributed by atoms with Crippen molar-refractivity contribution in [1.29, 1.82) is 0 Å². The van der Waals surface area contributed by atoms with Gasteiger partial charge in [-0.05, 0) is 37.0 Å². The van der Waals surface area contributed by atoms with Gasteiger partial charge in [-0.25, -0.2) is 0 Å². The first kappa shape index (κ1) is 15.7. The number of unbranched alkanes of at least 4 members (excludes halogenated alkanes) is 3. The van der Waals surface area contributed by atoms with E-state index >= 15 is 0 Å². The molecule has 0 aliphatic rings. The number of amides is 1. The maximum Gasteiger partial charge on any atom is 0.250 e. The molecule has 1 aromatic carbocycles. The van der Waals surface area contributed by atoms with Crippen LogP contribution in [-0.4, -0.2) is 24.5 Å². The molecular weight excluding hydrogens is 258 g/mol. The van der Waals surface area contributed by atoms with E-state index in [0.717, 1.165) is 13.0 Å². The molecule has 1 amide bonds. The highest BCUT2D eigenvalue weighted by Gasteiger charge is 2.09. The number of nitrogens with two attached hydrogens (primary N) is 2. The van der Waals surface area contributed by atoms with Crippen molar-refractivity contribution in [1.82, 2.24) is 0 Å². The van der Waals surface area contributed by atoms with E-state index in [0.29, 0.717) is 16.9 Å². The molecule has 5 heteroatoms. The van der Waals surface area contributed by atoms with Crippen LogP contribution in [0.3, 0.4) is 0 Å². The first-order chi connectivity index (χ1) is 9.16. The minimum atomic E-state index is -0.449. The normalized spacial score (nSPS) is 10.4. The summed E-state index contributed by atoms with van der Waals surface area (Å²) in [5.74, 6) is 0.778. The highest BCUT2D eigenvalue weighted by Crippen LogP contribution is 2.23. The summed E-state index contributed by atoms with van der Waals surface area (Å²) in [6.45, 7) is 0.813. The number of nitrogen functional groups attached to an aromatic ring is 1. The second-order valence-corrected chi connectivity index (χ2v) is 5.45. The number of carbonyl (C=O) groups is 1. The molecule has 0 spiro atoms. The third kappa shape index (κ3) is 5.42. The second kappa shape index (κ2) is 8.69. The van der Waals surface area contributed by atoms with Gasteiger partial charge in [-0.1, -0.05) is 18.9 Å². The number of thioether (sulfide) groups is 1. The molecule has 0 unspecified atom stereocenters. The molecule has 0 aliphatic carbocycles. The molecule has 0 atom stereocenters. The molecule has 4 nitrogen and oxygen atoms in total. The van der Waals surface area contributed by atoms with Crippen molar-refractivity contribution in [2.75, 3.05) is 29.6 Å². The van der Waals surface area contributed by atoms with Crippen molar-refractivity contribution in [2.45, 2.75) is 25.7 Å². The van der Waals surface area contributed by atoms with Gasteiger partial charge in [0.15, 0.2) is 0 Å². The van der Waals surface area contributed by atoms with Crippen molar-refractivity contribution < 1.29 is 4.79 Å². The minimum Gasteiger partial charge on any atom is -0.397 e. The molecule has 0 saturated heterocycles. The Morgan fingerprint density at radius 3 is 2.68 bits per heavy atom. The first-order valence-corrected chi connectivity index (χ1v) is 7.97. The number of benzene rings is 1. The van der Waals surface area contributed by atoms with Crippen molar-refractivity contribution in [3.8, 4) is 0 Å². The van der Waals surface area contributed by atoms with Crippen LogP contribution in [0.15, 0.2) is 18.2 Å². The van der Waals surface area contributed by atoms with E-state index in [1.165, 1.54) is 25.0 Å². The quantitative estimate of drug-likeness (QED) is 0.480. The number of hydrogen-bond acceptors (Lipinski definition) is 4. The Labute approximate surface area is 119 Å². The fraction of sp³-hybridized carbons (Fsp3) is 0.500. The molecule has 0 radical (unpaired) electrons. The molecule has 1 aromatic rings. The summed E-state index contributed by atoms with van der Waals surface area (Å²) in [6.07, 6.45) is 6.90. The van der Waals surface area contributed by atoms with Gasteiger partial charge in [-0.3, -0.25) is 4.79 Å². The number of hydrogen-bond donors (Lipinski definition) is 3. The highest BCUT2D eigenvalue weighted by molar-refractivity contribution is 7.98. The number of primary amides is 1. The number of anilines is 2. The van der Waals surface area contributed by atoms with E-state index in [2.05, 4.69) is 11.6 Å². The largest absolute Gasteiger partial charge is 0.397 e. The Morgan fingerprint density at radius 2 is 2.00 bits per heavy atom. The zero-order chi connectivity index (χ0) is 14.1. The average Bonchev–Trinajstić information content (AvgIpc) is 2.39. The van der Waals surface area contributed by atoms with Crippen molar-refractivity contribution in [2.24, 2.45) is 5.73 Å². The summed E-state index contributed by atoms with van der Waals surface area (Å²) < 4.78 is 0. The number of carbonyl (C=O) groups excluding carboxylic acids is 1. The van der Waals surface area contributed by atoms with Gasteiger partial charge in [0.2, 0.25) is 0 Å². The summed E-state index contributed by atoms with van der Waals surface area (Å²) in [5.41, 5.74) is 12.9. The fourth-order valence-electron chi connectivity index (χ4n) is 1.91. The van der Waals surface area contributed by atoms with Gasteiger partial charge in [-0.2, -0.15) is 11.8 Å². The zero-order valence-corrected chi connectivity index (χ0v) is 12.3. The highest BCUT2D eigenvalue weighted by atomic mass is 32.2. The van der Waals surface area contributed by atoms with Gasteiger partial charge < -0.3 is 16.8 Å². The van der Waals surface area contributed by atoms with Crippen LogP contribution >= 0.6 is 11.8 Å². The van der Waals surface area contributed by atoms with Crippen LogP contribution in [0.4, 0.5) is 11.4 Å². The maximum absolute atomic E-state index is 11.3. The van der Waals surface area contributed by atoms with E-state index in [1.807, 2.05) is 11.8 Å². The van der Waals surface area contributed by atoms with E-state index < -0.39 is 5.91 Å². The van der Waals surface area contributed by atoms with E-state index in [9.17, 15) is 4.79 Å². The lowest BCUT2D eigenvalue weighted by Gasteiger charge is -2.12. The minimum absolute atomic E-state index is 0.449. The molecule has 0 aromatic heterocycles. The Balaban J connectivity index is 2.38. The Kier molecular flexibility index (Phi) is 7.18. The third-order valence-electron chi connectivity index (χ3n) is 2.94. The zero-order valence-electron chi connectivity index (χ0n) is 11.4. The number of para-hydroxylation sites is 1. The monoisotopic (exact) mass is 281 g/mol. The van der Waals surface area contributed by atoms with Crippen LogP contribution in [0.2, 0.25) is 0 Å². The van der Waals surface area contributed by atoms with Gasteiger partial charge in [0.25, 0.3) is 5.91 Å². The van der Waals surface area contributed by atoms with Crippen LogP contribution in [0.5, 0.6) is 0 Å². The molecular formula is C14H23N3OS.